The summed E-state index contributed by atoms with van der Waals surface area (Å²) in [5.74, 6) is 0.171. The molecule has 1 aromatic rings. The van der Waals surface area contributed by atoms with Crippen molar-refractivity contribution < 1.29 is 9.50 Å². The van der Waals surface area contributed by atoms with Crippen LogP contribution in [0.1, 0.15) is 37.4 Å². The third kappa shape index (κ3) is 1.92. The first-order chi connectivity index (χ1) is 7.68. The van der Waals surface area contributed by atoms with Crippen LogP contribution in [0.4, 0.5) is 4.39 Å². The Hall–Kier alpha value is -1.09. The predicted molar refractivity (Wildman–Crippen MR) is 61.9 cm³/mol. The van der Waals surface area contributed by atoms with E-state index >= 15 is 0 Å². The van der Waals surface area contributed by atoms with Crippen LogP contribution in [0.2, 0.25) is 0 Å². The van der Waals surface area contributed by atoms with E-state index in [1.54, 1.807) is 12.1 Å². The van der Waals surface area contributed by atoms with Crippen LogP contribution >= 0.6 is 0 Å². The molecule has 0 aromatic heterocycles. The highest BCUT2D eigenvalue weighted by molar-refractivity contribution is 5.28. The van der Waals surface area contributed by atoms with Crippen molar-refractivity contribution in [2.75, 3.05) is 6.54 Å². The minimum Gasteiger partial charge on any atom is -0.508 e. The van der Waals surface area contributed by atoms with Crippen molar-refractivity contribution in [1.82, 2.24) is 0 Å². The van der Waals surface area contributed by atoms with Gasteiger partial charge in [0, 0.05) is 12.0 Å². The number of aromatic hydroxyl groups is 1. The van der Waals surface area contributed by atoms with E-state index in [0.717, 1.165) is 25.7 Å². The van der Waals surface area contributed by atoms with Crippen molar-refractivity contribution >= 4 is 0 Å². The van der Waals surface area contributed by atoms with Gasteiger partial charge in [-0.3, -0.25) is 0 Å². The summed E-state index contributed by atoms with van der Waals surface area (Å²) in [7, 11) is 0. The number of hydrogen-bond acceptors (Lipinski definition) is 2. The van der Waals surface area contributed by atoms with E-state index in [1.165, 1.54) is 12.1 Å². The van der Waals surface area contributed by atoms with Crippen LogP contribution in [0.25, 0.3) is 0 Å². The molecule has 2 rings (SSSR count). The first-order valence-corrected chi connectivity index (χ1v) is 5.81. The second kappa shape index (κ2) is 4.42. The summed E-state index contributed by atoms with van der Waals surface area (Å²) >= 11 is 0. The van der Waals surface area contributed by atoms with Crippen molar-refractivity contribution in [2.45, 2.75) is 31.9 Å². The topological polar surface area (TPSA) is 46.2 Å². The van der Waals surface area contributed by atoms with Gasteiger partial charge in [-0.15, -0.1) is 0 Å². The molecule has 1 fully saturated rings. The summed E-state index contributed by atoms with van der Waals surface area (Å²) in [4.78, 5) is 0. The van der Waals surface area contributed by atoms with E-state index in [9.17, 15) is 9.50 Å². The smallest absolute Gasteiger partial charge is 0.132 e. The van der Waals surface area contributed by atoms with Crippen molar-refractivity contribution in [3.63, 3.8) is 0 Å². The Morgan fingerprint density at radius 3 is 2.31 bits per heavy atom. The number of benzene rings is 1. The number of rotatable bonds is 3. The lowest BCUT2D eigenvalue weighted by atomic mass is 9.78. The van der Waals surface area contributed by atoms with Gasteiger partial charge in [0.25, 0.3) is 0 Å². The zero-order valence-corrected chi connectivity index (χ0v) is 9.32. The Morgan fingerprint density at radius 1 is 1.25 bits per heavy atom. The maximum Gasteiger partial charge on any atom is 0.132 e. The standard InChI is InChI=1S/C13H18FNO/c14-12(10-3-5-11(16)6-4-10)13(9-15)7-1-2-8-13/h3-6,12,16H,1-2,7-9,15H2. The third-order valence-corrected chi connectivity index (χ3v) is 3.73. The van der Waals surface area contributed by atoms with E-state index in [2.05, 4.69) is 0 Å². The highest BCUT2D eigenvalue weighted by Crippen LogP contribution is 2.48. The highest BCUT2D eigenvalue weighted by Gasteiger charge is 2.41. The summed E-state index contributed by atoms with van der Waals surface area (Å²) in [6.07, 6.45) is 2.85. The highest BCUT2D eigenvalue weighted by atomic mass is 19.1. The van der Waals surface area contributed by atoms with Gasteiger partial charge in [-0.1, -0.05) is 25.0 Å². The first-order valence-electron chi connectivity index (χ1n) is 5.81. The number of phenolic OH excluding ortho intramolecular Hbond substituents is 1. The molecule has 0 bridgehead atoms. The first kappa shape index (κ1) is 11.4. The van der Waals surface area contributed by atoms with Gasteiger partial charge in [0.1, 0.15) is 11.9 Å². The maximum atomic E-state index is 14.5. The summed E-state index contributed by atoms with van der Waals surface area (Å²) in [6, 6.07) is 6.35. The quantitative estimate of drug-likeness (QED) is 0.827. The molecule has 0 amide bonds. The molecular weight excluding hydrogens is 205 g/mol. The third-order valence-electron chi connectivity index (χ3n) is 3.73. The minimum atomic E-state index is -1.01. The molecule has 3 heteroatoms. The van der Waals surface area contributed by atoms with Crippen molar-refractivity contribution in [1.29, 1.82) is 0 Å². The molecule has 2 nitrogen and oxygen atoms in total. The van der Waals surface area contributed by atoms with Crippen molar-refractivity contribution in [3.8, 4) is 5.75 Å². The van der Waals surface area contributed by atoms with Crippen LogP contribution in [0, 0.1) is 5.41 Å². The van der Waals surface area contributed by atoms with E-state index in [0.29, 0.717) is 12.1 Å². The minimum absolute atomic E-state index is 0.171. The van der Waals surface area contributed by atoms with Gasteiger partial charge in [0.2, 0.25) is 0 Å². The van der Waals surface area contributed by atoms with Crippen LogP contribution in [0.15, 0.2) is 24.3 Å². The molecule has 0 spiro atoms. The molecule has 1 unspecified atom stereocenters. The monoisotopic (exact) mass is 223 g/mol. The molecule has 0 saturated heterocycles. The zero-order chi connectivity index (χ0) is 11.6. The number of nitrogens with two attached hydrogens (primary N) is 1. The maximum absolute atomic E-state index is 14.5. The number of alkyl halides is 1. The Kier molecular flexibility index (Phi) is 3.15. The lowest BCUT2D eigenvalue weighted by Crippen LogP contribution is -2.32. The normalized spacial score (nSPS) is 20.9. The Balaban J connectivity index is 2.23. The summed E-state index contributed by atoms with van der Waals surface area (Å²) in [5.41, 5.74) is 6.00. The number of hydrogen-bond donors (Lipinski definition) is 2. The predicted octanol–water partition coefficient (Wildman–Crippen LogP) is 2.92. The van der Waals surface area contributed by atoms with Crippen molar-refractivity contribution in [3.05, 3.63) is 29.8 Å². The molecule has 1 saturated carbocycles. The second-order valence-electron chi connectivity index (χ2n) is 4.73. The largest absolute Gasteiger partial charge is 0.508 e. The van der Waals surface area contributed by atoms with Gasteiger partial charge >= 0.3 is 0 Å². The fraction of sp³-hybridized carbons (Fsp3) is 0.538. The zero-order valence-electron chi connectivity index (χ0n) is 9.32. The van der Waals surface area contributed by atoms with Crippen LogP contribution in [-0.2, 0) is 0 Å². The SMILES string of the molecule is NCC1(C(F)c2ccc(O)cc2)CCCC1. The molecule has 0 heterocycles. The summed E-state index contributed by atoms with van der Waals surface area (Å²) in [6.45, 7) is 0.398. The molecule has 3 N–H and O–H groups in total. The molecule has 1 atom stereocenters. The lowest BCUT2D eigenvalue weighted by molar-refractivity contribution is 0.119. The van der Waals surface area contributed by atoms with Crippen LogP contribution in [0.5, 0.6) is 5.75 Å². The van der Waals surface area contributed by atoms with Gasteiger partial charge < -0.3 is 10.8 Å². The van der Waals surface area contributed by atoms with Gasteiger partial charge in [0.05, 0.1) is 0 Å². The van der Waals surface area contributed by atoms with E-state index in [4.69, 9.17) is 5.73 Å². The van der Waals surface area contributed by atoms with Crippen LogP contribution < -0.4 is 5.73 Å². The van der Waals surface area contributed by atoms with E-state index in [-0.39, 0.29) is 11.2 Å². The Morgan fingerprint density at radius 2 is 1.81 bits per heavy atom. The molecule has 16 heavy (non-hydrogen) atoms. The number of phenols is 1. The molecular formula is C13H18FNO. The van der Waals surface area contributed by atoms with Crippen molar-refractivity contribution in [2.24, 2.45) is 11.1 Å². The molecule has 1 aromatic carbocycles. The molecule has 0 radical (unpaired) electrons. The average Bonchev–Trinajstić information content (AvgIpc) is 2.79. The van der Waals surface area contributed by atoms with Crippen LogP contribution in [0.3, 0.4) is 0 Å². The molecule has 88 valence electrons. The fourth-order valence-electron chi connectivity index (χ4n) is 2.64. The Bertz CT molecular complexity index is 343. The fourth-order valence-corrected chi connectivity index (χ4v) is 2.64. The number of halogens is 1. The lowest BCUT2D eigenvalue weighted by Gasteiger charge is -2.31. The average molecular weight is 223 g/mol. The summed E-state index contributed by atoms with van der Waals surface area (Å²) in [5, 5.41) is 9.18. The molecule has 1 aliphatic carbocycles. The van der Waals surface area contributed by atoms with Crippen LogP contribution in [-0.4, -0.2) is 11.7 Å². The molecule has 0 aliphatic heterocycles. The Labute approximate surface area is 95.3 Å². The molecule has 1 aliphatic rings. The van der Waals surface area contributed by atoms with Gasteiger partial charge in [0.15, 0.2) is 0 Å². The van der Waals surface area contributed by atoms with Gasteiger partial charge in [-0.05, 0) is 30.5 Å². The summed E-state index contributed by atoms with van der Waals surface area (Å²) < 4.78 is 14.5. The van der Waals surface area contributed by atoms with Gasteiger partial charge in [-0.2, -0.15) is 0 Å². The van der Waals surface area contributed by atoms with E-state index in [1.807, 2.05) is 0 Å². The van der Waals surface area contributed by atoms with E-state index < -0.39 is 6.17 Å². The van der Waals surface area contributed by atoms with Gasteiger partial charge in [-0.25, -0.2) is 4.39 Å². The second-order valence-corrected chi connectivity index (χ2v) is 4.73.